The third kappa shape index (κ3) is 3.53. The number of nitrogens with zero attached hydrogens (tertiary/aromatic N) is 7. The summed E-state index contributed by atoms with van der Waals surface area (Å²) in [5.74, 6) is 1.74. The summed E-state index contributed by atoms with van der Waals surface area (Å²) < 4.78 is 4.12. The number of rotatable bonds is 5. The predicted octanol–water partition coefficient (Wildman–Crippen LogP) is 4.41. The number of hydrogen-bond acceptors (Lipinski definition) is 5. The number of carbonyl (C=O) groups excluding carboxylic acids is 1. The fourth-order valence-electron chi connectivity index (χ4n) is 4.81. The smallest absolute Gasteiger partial charge is 0.322 e. The first-order valence-corrected chi connectivity index (χ1v) is 11.6. The van der Waals surface area contributed by atoms with Crippen molar-refractivity contribution >= 4 is 22.8 Å². The Kier molecular flexibility index (Phi) is 4.82. The zero-order valence-electron chi connectivity index (χ0n) is 18.6. The van der Waals surface area contributed by atoms with E-state index in [9.17, 15) is 4.79 Å². The van der Waals surface area contributed by atoms with E-state index in [1.54, 1.807) is 0 Å². The van der Waals surface area contributed by atoms with Gasteiger partial charge in [0.1, 0.15) is 5.82 Å². The third-order valence-corrected chi connectivity index (χ3v) is 6.59. The Bertz CT molecular complexity index is 1300. The molecule has 2 aliphatic rings. The molecule has 1 saturated heterocycles. The molecule has 9 heteroatoms. The van der Waals surface area contributed by atoms with Crippen molar-refractivity contribution in [3.8, 4) is 11.4 Å². The summed E-state index contributed by atoms with van der Waals surface area (Å²) in [7, 11) is 0. The van der Waals surface area contributed by atoms with Crippen molar-refractivity contribution in [1.29, 1.82) is 0 Å². The topological polar surface area (TPSA) is 93.8 Å². The van der Waals surface area contributed by atoms with Gasteiger partial charge >= 0.3 is 6.03 Å². The van der Waals surface area contributed by atoms with Crippen LogP contribution in [0.3, 0.4) is 0 Å². The quantitative estimate of drug-likeness (QED) is 0.494. The average molecular weight is 443 g/mol. The highest BCUT2D eigenvalue weighted by Gasteiger charge is 2.34. The van der Waals surface area contributed by atoms with Crippen molar-refractivity contribution < 1.29 is 4.79 Å². The van der Waals surface area contributed by atoms with E-state index in [0.717, 1.165) is 72.7 Å². The van der Waals surface area contributed by atoms with Crippen LogP contribution in [-0.2, 0) is 6.54 Å². The number of amides is 2. The van der Waals surface area contributed by atoms with Gasteiger partial charge in [-0.25, -0.2) is 14.5 Å². The molecule has 3 heterocycles. The minimum absolute atomic E-state index is 0.0280. The lowest BCUT2D eigenvalue weighted by molar-refractivity contribution is 0.204. The van der Waals surface area contributed by atoms with Gasteiger partial charge in [-0.05, 0) is 79.4 Å². The number of tetrazole rings is 1. The van der Waals surface area contributed by atoms with Crippen molar-refractivity contribution in [3.63, 3.8) is 0 Å². The van der Waals surface area contributed by atoms with Crippen LogP contribution in [0.4, 0.5) is 10.5 Å². The molecule has 1 unspecified atom stereocenters. The van der Waals surface area contributed by atoms with E-state index < -0.39 is 0 Å². The Balaban J connectivity index is 1.21. The highest BCUT2D eigenvalue weighted by Crippen LogP contribution is 2.37. The van der Waals surface area contributed by atoms with Gasteiger partial charge in [-0.15, -0.1) is 5.10 Å². The predicted molar refractivity (Wildman–Crippen MR) is 125 cm³/mol. The standard InChI is InChI=1S/C24H26N8O/c1-2-30-20-7-4-3-6-19(20)26-23(30)21-8-5-15-31(21)24(33)25-17-11-9-16(10-12-17)22-27-28-29-32(22)18-13-14-18/h3-4,6-7,9-12,18,21H,2,5,8,13-15H2,1H3,(H,25,33). The molecule has 2 aromatic heterocycles. The van der Waals surface area contributed by atoms with Gasteiger partial charge in [-0.1, -0.05) is 12.1 Å². The number of hydrogen-bond donors (Lipinski definition) is 1. The van der Waals surface area contributed by atoms with Crippen LogP contribution in [-0.4, -0.2) is 47.2 Å². The van der Waals surface area contributed by atoms with Crippen LogP contribution >= 0.6 is 0 Å². The zero-order valence-corrected chi connectivity index (χ0v) is 18.6. The largest absolute Gasteiger partial charge is 0.327 e. The number of anilines is 1. The average Bonchev–Trinajstić information content (AvgIpc) is 3.25. The Hall–Kier alpha value is -3.75. The molecule has 33 heavy (non-hydrogen) atoms. The number of fused-ring (bicyclic) bond motifs is 1. The number of aromatic nitrogens is 6. The Morgan fingerprint density at radius 3 is 2.70 bits per heavy atom. The fourth-order valence-corrected chi connectivity index (χ4v) is 4.81. The second kappa shape index (κ2) is 7.99. The molecule has 1 aliphatic heterocycles. The highest BCUT2D eigenvalue weighted by molar-refractivity contribution is 5.90. The maximum Gasteiger partial charge on any atom is 0.322 e. The summed E-state index contributed by atoms with van der Waals surface area (Å²) in [6.07, 6.45) is 4.12. The molecule has 1 aliphatic carbocycles. The molecule has 1 atom stereocenters. The fraction of sp³-hybridized carbons (Fsp3) is 0.375. The molecule has 1 saturated carbocycles. The number of urea groups is 1. The molecule has 0 bridgehead atoms. The molecule has 2 amide bonds. The first-order chi connectivity index (χ1) is 16.2. The summed E-state index contributed by atoms with van der Waals surface area (Å²) >= 11 is 0. The summed E-state index contributed by atoms with van der Waals surface area (Å²) in [6, 6.07) is 16.2. The number of imidazole rings is 1. The molecule has 1 N–H and O–H groups in total. The second-order valence-electron chi connectivity index (χ2n) is 8.74. The van der Waals surface area contributed by atoms with Crippen molar-refractivity contribution in [3.05, 3.63) is 54.4 Å². The minimum Gasteiger partial charge on any atom is -0.327 e. The van der Waals surface area contributed by atoms with E-state index in [1.807, 2.05) is 52.0 Å². The van der Waals surface area contributed by atoms with Crippen molar-refractivity contribution in [1.82, 2.24) is 34.7 Å². The zero-order chi connectivity index (χ0) is 22.4. The van der Waals surface area contributed by atoms with E-state index >= 15 is 0 Å². The second-order valence-corrected chi connectivity index (χ2v) is 8.74. The normalized spacial score (nSPS) is 18.2. The van der Waals surface area contributed by atoms with Crippen LogP contribution < -0.4 is 5.32 Å². The van der Waals surface area contributed by atoms with E-state index in [1.165, 1.54) is 0 Å². The molecule has 2 fully saturated rings. The van der Waals surface area contributed by atoms with Crippen LogP contribution in [0, 0.1) is 0 Å². The highest BCUT2D eigenvalue weighted by atomic mass is 16.2. The minimum atomic E-state index is -0.0947. The molecular formula is C24H26N8O. The lowest BCUT2D eigenvalue weighted by Gasteiger charge is -2.25. The van der Waals surface area contributed by atoms with E-state index in [0.29, 0.717) is 6.04 Å². The number of likely N-dealkylation sites (tertiary alicyclic amines) is 1. The van der Waals surface area contributed by atoms with Crippen molar-refractivity contribution in [2.45, 2.75) is 51.2 Å². The van der Waals surface area contributed by atoms with Crippen molar-refractivity contribution in [2.75, 3.05) is 11.9 Å². The van der Waals surface area contributed by atoms with Gasteiger partial charge in [-0.2, -0.15) is 0 Å². The van der Waals surface area contributed by atoms with Gasteiger partial charge in [0.25, 0.3) is 0 Å². The van der Waals surface area contributed by atoms with E-state index in [2.05, 4.69) is 38.4 Å². The Morgan fingerprint density at radius 2 is 1.91 bits per heavy atom. The van der Waals surface area contributed by atoms with Gasteiger partial charge in [-0.3, -0.25) is 0 Å². The van der Waals surface area contributed by atoms with Gasteiger partial charge in [0, 0.05) is 24.3 Å². The van der Waals surface area contributed by atoms with Gasteiger partial charge < -0.3 is 14.8 Å². The molecule has 6 rings (SSSR count). The lowest BCUT2D eigenvalue weighted by atomic mass is 10.2. The molecule has 0 radical (unpaired) electrons. The molecule has 9 nitrogen and oxygen atoms in total. The maximum absolute atomic E-state index is 13.2. The Morgan fingerprint density at radius 1 is 1.09 bits per heavy atom. The first kappa shape index (κ1) is 19.9. The SMILES string of the molecule is CCn1c(C2CCCN2C(=O)Nc2ccc(-c3nnnn3C3CC3)cc2)nc2ccccc21. The van der Waals surface area contributed by atoms with E-state index in [-0.39, 0.29) is 12.1 Å². The first-order valence-electron chi connectivity index (χ1n) is 11.6. The van der Waals surface area contributed by atoms with Crippen LogP contribution in [0.5, 0.6) is 0 Å². The molecule has 168 valence electrons. The van der Waals surface area contributed by atoms with Crippen LogP contribution in [0.25, 0.3) is 22.4 Å². The number of nitrogens with one attached hydrogen (secondary N) is 1. The van der Waals surface area contributed by atoms with E-state index in [4.69, 9.17) is 4.98 Å². The number of para-hydroxylation sites is 2. The number of carbonyl (C=O) groups is 1. The molecule has 4 aromatic rings. The van der Waals surface area contributed by atoms with Crippen molar-refractivity contribution in [2.24, 2.45) is 0 Å². The van der Waals surface area contributed by atoms with Crippen LogP contribution in [0.2, 0.25) is 0 Å². The summed E-state index contributed by atoms with van der Waals surface area (Å²) in [5, 5.41) is 15.2. The van der Waals surface area contributed by atoms with Gasteiger partial charge in [0.2, 0.25) is 0 Å². The molecule has 0 spiro atoms. The summed E-state index contributed by atoms with van der Waals surface area (Å²) in [5.41, 5.74) is 3.79. The monoisotopic (exact) mass is 442 g/mol. The molecule has 2 aromatic carbocycles. The number of aryl methyl sites for hydroxylation is 1. The maximum atomic E-state index is 13.2. The van der Waals surface area contributed by atoms with Crippen LogP contribution in [0.15, 0.2) is 48.5 Å². The summed E-state index contributed by atoms with van der Waals surface area (Å²) in [6.45, 7) is 3.67. The third-order valence-electron chi connectivity index (χ3n) is 6.59. The Labute approximate surface area is 191 Å². The van der Waals surface area contributed by atoms with Gasteiger partial charge in [0.15, 0.2) is 5.82 Å². The van der Waals surface area contributed by atoms with Crippen LogP contribution in [0.1, 0.15) is 50.5 Å². The lowest BCUT2D eigenvalue weighted by Crippen LogP contribution is -2.35. The number of benzene rings is 2. The van der Waals surface area contributed by atoms with Gasteiger partial charge in [0.05, 0.1) is 23.1 Å². The summed E-state index contributed by atoms with van der Waals surface area (Å²) in [4.78, 5) is 20.0. The molecular weight excluding hydrogens is 416 g/mol.